The molecule has 0 aliphatic rings. The Labute approximate surface area is 181 Å². The second-order valence-electron chi connectivity index (χ2n) is 6.67. The number of rotatable bonds is 10. The third kappa shape index (κ3) is 6.32. The Kier molecular flexibility index (Phi) is 7.81. The van der Waals surface area contributed by atoms with Crippen molar-refractivity contribution in [2.24, 2.45) is 0 Å². The molecule has 0 fully saturated rings. The number of methoxy groups -OCH3 is 1. The van der Waals surface area contributed by atoms with E-state index in [1.165, 1.54) is 19.2 Å². The van der Waals surface area contributed by atoms with Crippen LogP contribution in [-0.4, -0.2) is 45.8 Å². The Hall–Kier alpha value is -3.34. The molecule has 11 heteroatoms. The van der Waals surface area contributed by atoms with Gasteiger partial charge in [0, 0.05) is 12.1 Å². The molecule has 1 atom stereocenters. The van der Waals surface area contributed by atoms with Gasteiger partial charge >= 0.3 is 0 Å². The monoisotopic (exact) mass is 451 g/mol. The lowest BCUT2D eigenvalue weighted by molar-refractivity contribution is -0.384. The van der Waals surface area contributed by atoms with Gasteiger partial charge < -0.3 is 14.8 Å². The van der Waals surface area contributed by atoms with Crippen molar-refractivity contribution in [3.8, 4) is 11.5 Å². The van der Waals surface area contributed by atoms with E-state index < -0.39 is 33.4 Å². The number of nitrogens with one attached hydrogen (secondary N) is 1. The van der Waals surface area contributed by atoms with Gasteiger partial charge in [-0.1, -0.05) is 12.1 Å². The Balaban J connectivity index is 2.24. The molecule has 31 heavy (non-hydrogen) atoms. The second kappa shape index (κ2) is 10.1. The Bertz CT molecular complexity index is 1040. The lowest BCUT2D eigenvalue weighted by Gasteiger charge is -2.24. The molecule has 0 saturated carbocycles. The van der Waals surface area contributed by atoms with Crippen LogP contribution in [-0.2, 0) is 14.8 Å². The summed E-state index contributed by atoms with van der Waals surface area (Å²) in [5.41, 5.74) is 0.381. The number of hydrogen-bond acceptors (Lipinski definition) is 7. The van der Waals surface area contributed by atoms with E-state index in [1.807, 2.05) is 6.92 Å². The van der Waals surface area contributed by atoms with Gasteiger partial charge in [0.15, 0.2) is 0 Å². The van der Waals surface area contributed by atoms with Gasteiger partial charge in [0.05, 0.1) is 30.9 Å². The van der Waals surface area contributed by atoms with E-state index in [2.05, 4.69) is 5.32 Å². The lowest BCUT2D eigenvalue weighted by atomic mass is 10.1. The number of non-ortho nitro benzene ring substituents is 1. The number of nitro benzene ring substituents is 1. The molecule has 1 amide bonds. The molecule has 0 aliphatic heterocycles. The van der Waals surface area contributed by atoms with Crippen molar-refractivity contribution in [3.63, 3.8) is 0 Å². The van der Waals surface area contributed by atoms with Crippen LogP contribution in [0.2, 0.25) is 0 Å². The third-order valence-corrected chi connectivity index (χ3v) is 5.52. The molecule has 0 radical (unpaired) electrons. The highest BCUT2D eigenvalue weighted by molar-refractivity contribution is 7.92. The molecule has 0 heterocycles. The molecule has 10 nitrogen and oxygen atoms in total. The Morgan fingerprint density at radius 2 is 1.87 bits per heavy atom. The predicted octanol–water partition coefficient (Wildman–Crippen LogP) is 2.65. The van der Waals surface area contributed by atoms with E-state index in [0.29, 0.717) is 12.4 Å². The van der Waals surface area contributed by atoms with Crippen LogP contribution in [0.15, 0.2) is 42.5 Å². The number of anilines is 1. The van der Waals surface area contributed by atoms with Crippen LogP contribution >= 0.6 is 0 Å². The van der Waals surface area contributed by atoms with E-state index >= 15 is 0 Å². The number of ether oxygens (including phenoxy) is 2. The van der Waals surface area contributed by atoms with E-state index in [-0.39, 0.29) is 17.1 Å². The first kappa shape index (κ1) is 23.9. The number of carbonyl (C=O) groups is 1. The quantitative estimate of drug-likeness (QED) is 0.434. The van der Waals surface area contributed by atoms with Crippen LogP contribution in [0.3, 0.4) is 0 Å². The summed E-state index contributed by atoms with van der Waals surface area (Å²) in [7, 11) is -2.64. The van der Waals surface area contributed by atoms with E-state index in [1.54, 1.807) is 31.2 Å². The van der Waals surface area contributed by atoms with Crippen molar-refractivity contribution in [2.45, 2.75) is 19.9 Å². The van der Waals surface area contributed by atoms with Crippen molar-refractivity contribution in [3.05, 3.63) is 58.1 Å². The lowest BCUT2D eigenvalue weighted by Crippen LogP contribution is -2.41. The molecular weight excluding hydrogens is 426 g/mol. The second-order valence-corrected chi connectivity index (χ2v) is 8.58. The minimum Gasteiger partial charge on any atom is -0.495 e. The van der Waals surface area contributed by atoms with Gasteiger partial charge in [-0.2, -0.15) is 0 Å². The van der Waals surface area contributed by atoms with Crippen molar-refractivity contribution in [1.29, 1.82) is 0 Å². The average Bonchev–Trinajstić information content (AvgIpc) is 2.71. The SMILES string of the molecule is CCOc1ccc(C(C)NC(=O)CN(c2cc([N+](=O)[O-])ccc2OC)S(C)(=O)=O)cc1. The maximum Gasteiger partial charge on any atom is 0.271 e. The van der Waals surface area contributed by atoms with Gasteiger partial charge in [0.2, 0.25) is 15.9 Å². The van der Waals surface area contributed by atoms with Crippen molar-refractivity contribution in [2.75, 3.05) is 30.8 Å². The first-order chi connectivity index (χ1) is 14.6. The normalized spacial score (nSPS) is 12.0. The highest BCUT2D eigenvalue weighted by Crippen LogP contribution is 2.33. The summed E-state index contributed by atoms with van der Waals surface area (Å²) in [6.45, 7) is 3.60. The molecule has 0 saturated heterocycles. The maximum absolute atomic E-state index is 12.6. The maximum atomic E-state index is 12.6. The molecule has 1 unspecified atom stereocenters. The average molecular weight is 452 g/mol. The molecule has 0 aliphatic carbocycles. The fourth-order valence-electron chi connectivity index (χ4n) is 2.89. The van der Waals surface area contributed by atoms with Gasteiger partial charge in [0.25, 0.3) is 5.69 Å². The summed E-state index contributed by atoms with van der Waals surface area (Å²) in [4.78, 5) is 23.1. The summed E-state index contributed by atoms with van der Waals surface area (Å²) >= 11 is 0. The zero-order chi connectivity index (χ0) is 23.2. The minimum atomic E-state index is -3.95. The number of sulfonamides is 1. The molecule has 1 N–H and O–H groups in total. The first-order valence-corrected chi connectivity index (χ1v) is 11.2. The molecule has 0 aromatic heterocycles. The van der Waals surface area contributed by atoms with Crippen LogP contribution in [0.5, 0.6) is 11.5 Å². The van der Waals surface area contributed by atoms with Crippen molar-refractivity contribution in [1.82, 2.24) is 5.32 Å². The van der Waals surface area contributed by atoms with Crippen molar-refractivity contribution < 1.29 is 27.6 Å². The van der Waals surface area contributed by atoms with Crippen LogP contribution < -0.4 is 19.1 Å². The fraction of sp³-hybridized carbons (Fsp3) is 0.350. The zero-order valence-electron chi connectivity index (χ0n) is 17.7. The molecule has 2 rings (SSSR count). The predicted molar refractivity (Wildman–Crippen MR) is 116 cm³/mol. The number of carbonyl (C=O) groups excluding carboxylic acids is 1. The number of nitro groups is 1. The number of amides is 1. The smallest absolute Gasteiger partial charge is 0.271 e. The summed E-state index contributed by atoms with van der Waals surface area (Å²) in [6.07, 6.45) is 0.911. The third-order valence-electron chi connectivity index (χ3n) is 4.40. The van der Waals surface area contributed by atoms with Crippen LogP contribution in [0.1, 0.15) is 25.5 Å². The Morgan fingerprint density at radius 1 is 1.23 bits per heavy atom. The highest BCUT2D eigenvalue weighted by Gasteiger charge is 2.26. The first-order valence-electron chi connectivity index (χ1n) is 9.39. The zero-order valence-corrected chi connectivity index (χ0v) is 18.5. The number of hydrogen-bond donors (Lipinski definition) is 1. The summed E-state index contributed by atoms with van der Waals surface area (Å²) in [6, 6.07) is 10.3. The Morgan fingerprint density at radius 3 is 2.39 bits per heavy atom. The topological polar surface area (TPSA) is 128 Å². The van der Waals surface area contributed by atoms with E-state index in [9.17, 15) is 23.3 Å². The van der Waals surface area contributed by atoms with E-state index in [0.717, 1.165) is 22.2 Å². The molecular formula is C20H25N3O7S. The van der Waals surface area contributed by atoms with Gasteiger partial charge in [-0.15, -0.1) is 0 Å². The van der Waals surface area contributed by atoms with Crippen LogP contribution in [0.4, 0.5) is 11.4 Å². The van der Waals surface area contributed by atoms with Crippen molar-refractivity contribution >= 4 is 27.3 Å². The number of benzene rings is 2. The van der Waals surface area contributed by atoms with E-state index in [4.69, 9.17) is 9.47 Å². The van der Waals surface area contributed by atoms with Crippen LogP contribution in [0, 0.1) is 10.1 Å². The summed E-state index contributed by atoms with van der Waals surface area (Å²) in [5, 5.41) is 13.9. The highest BCUT2D eigenvalue weighted by atomic mass is 32.2. The van der Waals surface area contributed by atoms with Gasteiger partial charge in [-0.3, -0.25) is 19.2 Å². The molecule has 2 aromatic carbocycles. The van der Waals surface area contributed by atoms with Gasteiger partial charge in [0.1, 0.15) is 23.7 Å². The summed E-state index contributed by atoms with van der Waals surface area (Å²) in [5.74, 6) is 0.203. The molecule has 168 valence electrons. The summed E-state index contributed by atoms with van der Waals surface area (Å²) < 4.78 is 36.1. The standard InChI is InChI=1S/C20H25N3O7S/c1-5-30-17-9-6-15(7-10-17)14(2)21-20(24)13-22(31(4,27)28)18-12-16(23(25)26)8-11-19(18)29-3/h6-12,14H,5,13H2,1-4H3,(H,21,24). The number of nitrogens with zero attached hydrogens (tertiary/aromatic N) is 2. The minimum absolute atomic E-state index is 0.0865. The van der Waals surface area contributed by atoms with Gasteiger partial charge in [-0.25, -0.2) is 8.42 Å². The molecule has 0 bridgehead atoms. The molecule has 0 spiro atoms. The van der Waals surface area contributed by atoms with Gasteiger partial charge in [-0.05, 0) is 37.6 Å². The molecule has 2 aromatic rings. The largest absolute Gasteiger partial charge is 0.495 e. The van der Waals surface area contributed by atoms with Crippen LogP contribution in [0.25, 0.3) is 0 Å². The fourth-order valence-corrected chi connectivity index (χ4v) is 3.74.